The highest BCUT2D eigenvalue weighted by Gasteiger charge is 2.40. The number of ether oxygens (including phenoxy) is 2. The maximum atomic E-state index is 13.6. The quantitative estimate of drug-likeness (QED) is 0.548. The third-order valence-electron chi connectivity index (χ3n) is 5.55. The number of aromatic amines is 1. The molecule has 1 fully saturated rings. The maximum Gasteiger partial charge on any atom is 0.230 e. The van der Waals surface area contributed by atoms with E-state index in [0.29, 0.717) is 41.0 Å². The van der Waals surface area contributed by atoms with Crippen LogP contribution in [0.25, 0.3) is 22.6 Å². The van der Waals surface area contributed by atoms with Crippen LogP contribution in [0.4, 0.5) is 10.3 Å². The molecular formula is C24H29FN6O3. The number of hydrogen-bond donors (Lipinski definition) is 2. The number of anilines is 1. The van der Waals surface area contributed by atoms with Crippen molar-refractivity contribution in [2.24, 2.45) is 5.41 Å². The summed E-state index contributed by atoms with van der Waals surface area (Å²) in [4.78, 5) is 31.2. The fourth-order valence-electron chi connectivity index (χ4n) is 3.56. The Morgan fingerprint density at radius 1 is 1.21 bits per heavy atom. The highest BCUT2D eigenvalue weighted by atomic mass is 19.1. The molecule has 4 rings (SSSR count). The second kappa shape index (κ2) is 9.86. The van der Waals surface area contributed by atoms with Crippen LogP contribution in [0.5, 0.6) is 0 Å². The molecule has 1 aromatic carbocycles. The topological polar surface area (TPSA) is 105 Å². The summed E-state index contributed by atoms with van der Waals surface area (Å²) in [5.74, 6) is 0.544. The molecule has 0 radical (unpaired) electrons. The van der Waals surface area contributed by atoms with Crippen LogP contribution in [0, 0.1) is 11.2 Å². The lowest BCUT2D eigenvalue weighted by molar-refractivity contribution is -0.231. The zero-order valence-corrected chi connectivity index (χ0v) is 19.8. The van der Waals surface area contributed by atoms with Crippen molar-refractivity contribution in [3.05, 3.63) is 48.2 Å². The molecule has 0 atom stereocenters. The summed E-state index contributed by atoms with van der Waals surface area (Å²) in [7, 11) is 3.71. The molecule has 0 unspecified atom stereocenters. The van der Waals surface area contributed by atoms with E-state index in [-0.39, 0.29) is 24.9 Å². The summed E-state index contributed by atoms with van der Waals surface area (Å²) in [6, 6.07) is 7.85. The molecule has 9 nitrogen and oxygen atoms in total. The first kappa shape index (κ1) is 23.8. The Bertz CT molecular complexity index is 1140. The molecule has 2 aromatic heterocycles. The fourth-order valence-corrected chi connectivity index (χ4v) is 3.56. The first-order valence-corrected chi connectivity index (χ1v) is 11.2. The van der Waals surface area contributed by atoms with Gasteiger partial charge in [0, 0.05) is 32.4 Å². The van der Waals surface area contributed by atoms with E-state index in [9.17, 15) is 9.18 Å². The lowest BCUT2D eigenvalue weighted by Gasteiger charge is -2.35. The molecule has 0 spiro atoms. The van der Waals surface area contributed by atoms with E-state index in [1.54, 1.807) is 29.3 Å². The summed E-state index contributed by atoms with van der Waals surface area (Å²) in [5, 5.41) is 2.90. The summed E-state index contributed by atoms with van der Waals surface area (Å²) < 4.78 is 25.4. The molecule has 2 N–H and O–H groups in total. The van der Waals surface area contributed by atoms with Gasteiger partial charge in [0.2, 0.25) is 18.1 Å². The number of nitrogens with one attached hydrogen (secondary N) is 2. The Morgan fingerprint density at radius 3 is 2.56 bits per heavy atom. The summed E-state index contributed by atoms with van der Waals surface area (Å²) in [6.45, 7) is 4.80. The van der Waals surface area contributed by atoms with Crippen LogP contribution in [0.2, 0.25) is 0 Å². The minimum atomic E-state index is -0.784. The highest BCUT2D eigenvalue weighted by molar-refractivity contribution is 5.82. The van der Waals surface area contributed by atoms with Crippen LogP contribution in [-0.2, 0) is 14.3 Å². The predicted octanol–water partition coefficient (Wildman–Crippen LogP) is 3.32. The van der Waals surface area contributed by atoms with Gasteiger partial charge in [0.25, 0.3) is 0 Å². The molecular weight excluding hydrogens is 439 g/mol. The van der Waals surface area contributed by atoms with Crippen LogP contribution >= 0.6 is 0 Å². The molecule has 10 heteroatoms. The van der Waals surface area contributed by atoms with E-state index >= 15 is 0 Å². The maximum absolute atomic E-state index is 13.6. The molecule has 0 bridgehead atoms. The van der Waals surface area contributed by atoms with Gasteiger partial charge in [-0.15, -0.1) is 0 Å². The van der Waals surface area contributed by atoms with Crippen molar-refractivity contribution in [3.63, 3.8) is 0 Å². The standard InChI is InChI=1S/C24H29FN6O3/c1-5-11-26-22(32)24(2)13-33-21(34-14-24)20-29-18(15-6-8-16(25)9-7-15)19(30-20)17-10-12-27-23(28-17)31(3)4/h6-10,12,21H,5,11,13-14H2,1-4H3,(H,26,32)(H,29,30). The van der Waals surface area contributed by atoms with E-state index in [1.165, 1.54) is 12.1 Å². The van der Waals surface area contributed by atoms with Crippen LogP contribution in [0.3, 0.4) is 0 Å². The van der Waals surface area contributed by atoms with Crippen LogP contribution in [0.15, 0.2) is 36.5 Å². The first-order valence-electron chi connectivity index (χ1n) is 11.2. The number of aromatic nitrogens is 4. The Labute approximate surface area is 197 Å². The zero-order chi connectivity index (χ0) is 24.3. The van der Waals surface area contributed by atoms with Crippen molar-refractivity contribution in [1.82, 2.24) is 25.3 Å². The number of hydrogen-bond acceptors (Lipinski definition) is 7. The number of benzene rings is 1. The third-order valence-corrected chi connectivity index (χ3v) is 5.55. The second-order valence-electron chi connectivity index (χ2n) is 8.76. The lowest BCUT2D eigenvalue weighted by Crippen LogP contribution is -2.48. The van der Waals surface area contributed by atoms with Gasteiger partial charge in [-0.2, -0.15) is 0 Å². The van der Waals surface area contributed by atoms with E-state index in [0.717, 1.165) is 6.42 Å². The van der Waals surface area contributed by atoms with Crippen molar-refractivity contribution in [2.75, 3.05) is 38.8 Å². The average Bonchev–Trinajstić information content (AvgIpc) is 3.29. The molecule has 1 aliphatic rings. The van der Waals surface area contributed by atoms with Gasteiger partial charge >= 0.3 is 0 Å². The number of carbonyl (C=O) groups is 1. The molecule has 180 valence electrons. The number of halogens is 1. The van der Waals surface area contributed by atoms with Crippen LogP contribution in [0.1, 0.15) is 32.4 Å². The van der Waals surface area contributed by atoms with Gasteiger partial charge < -0.3 is 24.7 Å². The molecule has 3 heterocycles. The molecule has 0 saturated carbocycles. The Kier molecular flexibility index (Phi) is 6.90. The third kappa shape index (κ3) is 4.92. The van der Waals surface area contributed by atoms with Gasteiger partial charge in [-0.05, 0) is 43.7 Å². The smallest absolute Gasteiger partial charge is 0.230 e. The normalized spacial score (nSPS) is 20.2. The van der Waals surface area contributed by atoms with E-state index in [2.05, 4.69) is 20.3 Å². The summed E-state index contributed by atoms with van der Waals surface area (Å²) in [5.41, 5.74) is 1.77. The molecule has 1 aliphatic heterocycles. The molecule has 1 amide bonds. The SMILES string of the molecule is CCCNC(=O)C1(C)COC(c2nc(-c3ccc(F)cc3)c(-c3ccnc(N(C)C)n3)[nH]2)OC1. The van der Waals surface area contributed by atoms with Gasteiger partial charge in [0.15, 0.2) is 5.82 Å². The van der Waals surface area contributed by atoms with Gasteiger partial charge in [0.05, 0.1) is 35.7 Å². The summed E-state index contributed by atoms with van der Waals surface area (Å²) in [6.07, 6.45) is 1.74. The Morgan fingerprint density at radius 2 is 1.91 bits per heavy atom. The largest absolute Gasteiger partial charge is 0.355 e. The number of H-pyrrole nitrogens is 1. The van der Waals surface area contributed by atoms with Crippen molar-refractivity contribution < 1.29 is 18.7 Å². The number of carbonyl (C=O) groups excluding carboxylic acids is 1. The number of imidazole rings is 1. The van der Waals surface area contributed by atoms with Crippen molar-refractivity contribution in [3.8, 4) is 22.6 Å². The first-order chi connectivity index (χ1) is 16.3. The summed E-state index contributed by atoms with van der Waals surface area (Å²) >= 11 is 0. The monoisotopic (exact) mass is 468 g/mol. The highest BCUT2D eigenvalue weighted by Crippen LogP contribution is 2.35. The van der Waals surface area contributed by atoms with Crippen molar-refractivity contribution in [2.45, 2.75) is 26.6 Å². The van der Waals surface area contributed by atoms with Gasteiger partial charge in [-0.1, -0.05) is 6.92 Å². The van der Waals surface area contributed by atoms with Gasteiger partial charge in [0.1, 0.15) is 5.82 Å². The second-order valence-corrected chi connectivity index (χ2v) is 8.76. The number of amides is 1. The Hall–Kier alpha value is -3.37. The lowest BCUT2D eigenvalue weighted by atomic mass is 9.91. The minimum absolute atomic E-state index is 0.0999. The van der Waals surface area contributed by atoms with E-state index < -0.39 is 11.7 Å². The average molecular weight is 469 g/mol. The molecule has 3 aromatic rings. The number of nitrogens with zero attached hydrogens (tertiary/aromatic N) is 4. The van der Waals surface area contributed by atoms with Crippen LogP contribution in [-0.4, -0.2) is 59.7 Å². The number of rotatable bonds is 7. The minimum Gasteiger partial charge on any atom is -0.355 e. The van der Waals surface area contributed by atoms with E-state index in [1.807, 2.05) is 27.9 Å². The molecule has 34 heavy (non-hydrogen) atoms. The van der Waals surface area contributed by atoms with Crippen molar-refractivity contribution in [1.29, 1.82) is 0 Å². The van der Waals surface area contributed by atoms with Crippen molar-refractivity contribution >= 4 is 11.9 Å². The fraction of sp³-hybridized carbons (Fsp3) is 0.417. The molecule has 1 saturated heterocycles. The molecule has 0 aliphatic carbocycles. The zero-order valence-electron chi connectivity index (χ0n) is 19.8. The van der Waals surface area contributed by atoms with Gasteiger partial charge in [-0.25, -0.2) is 19.3 Å². The van der Waals surface area contributed by atoms with Crippen LogP contribution < -0.4 is 10.2 Å². The van der Waals surface area contributed by atoms with Gasteiger partial charge in [-0.3, -0.25) is 4.79 Å². The van der Waals surface area contributed by atoms with E-state index in [4.69, 9.17) is 14.5 Å². The Balaban J connectivity index is 1.65. The predicted molar refractivity (Wildman–Crippen MR) is 125 cm³/mol.